The molecule has 4 nitrogen and oxygen atoms in total. The number of carbonyl (C=O) groups is 1. The van der Waals surface area contributed by atoms with Crippen molar-refractivity contribution >= 4 is 28.6 Å². The maximum Gasteiger partial charge on any atom is 0.337 e. The Labute approximate surface area is 185 Å². The number of fused-ring (bicyclic) bond motifs is 1. The summed E-state index contributed by atoms with van der Waals surface area (Å²) in [6.07, 6.45) is 0. The Morgan fingerprint density at radius 2 is 1.87 bits per heavy atom. The monoisotopic (exact) mass is 424 g/mol. The first-order valence-corrected chi connectivity index (χ1v) is 10.8. The zero-order valence-electron chi connectivity index (χ0n) is 17.3. The van der Waals surface area contributed by atoms with Gasteiger partial charge in [-0.05, 0) is 48.4 Å². The maximum atomic E-state index is 11.9. The van der Waals surface area contributed by atoms with Crippen LogP contribution in [0.15, 0.2) is 77.7 Å². The molecular weight excluding hydrogens is 404 g/mol. The van der Waals surface area contributed by atoms with Crippen LogP contribution in [-0.4, -0.2) is 18.1 Å². The SMILES string of the molecule is COC(=O)c1ccc2c(C)cc(-c3ccc(SCc4ccccc4)cc3C#N)nc2c1. The van der Waals surface area contributed by atoms with Crippen LogP contribution in [0.3, 0.4) is 0 Å². The van der Waals surface area contributed by atoms with Gasteiger partial charge in [0.05, 0.1) is 35.5 Å². The number of nitrogens with zero attached hydrogens (tertiary/aromatic N) is 2. The molecule has 0 unspecified atom stereocenters. The summed E-state index contributed by atoms with van der Waals surface area (Å²) in [6.45, 7) is 2.00. The van der Waals surface area contributed by atoms with Crippen LogP contribution in [0.1, 0.15) is 27.0 Å². The van der Waals surface area contributed by atoms with Gasteiger partial charge in [0.25, 0.3) is 0 Å². The lowest BCUT2D eigenvalue weighted by molar-refractivity contribution is 0.0601. The van der Waals surface area contributed by atoms with Crippen molar-refractivity contribution in [1.82, 2.24) is 4.98 Å². The maximum absolute atomic E-state index is 11.9. The van der Waals surface area contributed by atoms with E-state index in [0.29, 0.717) is 22.3 Å². The van der Waals surface area contributed by atoms with E-state index in [1.807, 2.05) is 55.5 Å². The summed E-state index contributed by atoms with van der Waals surface area (Å²) in [5.41, 5.74) is 5.49. The highest BCUT2D eigenvalue weighted by Gasteiger charge is 2.13. The van der Waals surface area contributed by atoms with Gasteiger partial charge in [-0.2, -0.15) is 5.26 Å². The Morgan fingerprint density at radius 3 is 2.61 bits per heavy atom. The fourth-order valence-electron chi connectivity index (χ4n) is 3.46. The van der Waals surface area contributed by atoms with E-state index >= 15 is 0 Å². The first kappa shape index (κ1) is 20.6. The van der Waals surface area contributed by atoms with Gasteiger partial charge in [-0.15, -0.1) is 11.8 Å². The number of aryl methyl sites for hydroxylation is 1. The Kier molecular flexibility index (Phi) is 6.01. The lowest BCUT2D eigenvalue weighted by Crippen LogP contribution is -2.01. The highest BCUT2D eigenvalue weighted by atomic mass is 32.2. The fraction of sp³-hybridized carbons (Fsp3) is 0.115. The molecule has 0 N–H and O–H groups in total. The number of esters is 1. The van der Waals surface area contributed by atoms with Crippen molar-refractivity contribution in [2.24, 2.45) is 0 Å². The third-order valence-electron chi connectivity index (χ3n) is 5.07. The summed E-state index contributed by atoms with van der Waals surface area (Å²) in [7, 11) is 1.36. The molecular formula is C26H20N2O2S. The third-order valence-corrected chi connectivity index (χ3v) is 6.14. The first-order valence-electron chi connectivity index (χ1n) is 9.80. The Morgan fingerprint density at radius 1 is 1.06 bits per heavy atom. The molecule has 0 aliphatic heterocycles. The van der Waals surface area contributed by atoms with Crippen molar-refractivity contribution in [1.29, 1.82) is 5.26 Å². The molecule has 0 atom stereocenters. The number of ether oxygens (including phenoxy) is 1. The molecule has 0 fully saturated rings. The lowest BCUT2D eigenvalue weighted by atomic mass is 10.0. The molecule has 152 valence electrons. The molecule has 0 amide bonds. The summed E-state index contributed by atoms with van der Waals surface area (Å²) < 4.78 is 4.82. The topological polar surface area (TPSA) is 63.0 Å². The summed E-state index contributed by atoms with van der Waals surface area (Å²) in [4.78, 5) is 17.7. The minimum Gasteiger partial charge on any atom is -0.465 e. The zero-order valence-corrected chi connectivity index (χ0v) is 18.1. The number of methoxy groups -OCH3 is 1. The highest BCUT2D eigenvalue weighted by molar-refractivity contribution is 7.98. The summed E-state index contributed by atoms with van der Waals surface area (Å²) in [5, 5.41) is 10.7. The first-order chi connectivity index (χ1) is 15.1. The molecule has 0 radical (unpaired) electrons. The number of carbonyl (C=O) groups excluding carboxylic acids is 1. The lowest BCUT2D eigenvalue weighted by Gasteiger charge is -2.10. The normalized spacial score (nSPS) is 10.6. The van der Waals surface area contributed by atoms with Gasteiger partial charge in [-0.1, -0.05) is 42.5 Å². The third kappa shape index (κ3) is 4.45. The summed E-state index contributed by atoms with van der Waals surface area (Å²) in [6, 6.07) is 25.8. The van der Waals surface area contributed by atoms with Crippen molar-refractivity contribution < 1.29 is 9.53 Å². The largest absolute Gasteiger partial charge is 0.465 e. The number of benzene rings is 3. The number of hydrogen-bond acceptors (Lipinski definition) is 5. The second-order valence-corrected chi connectivity index (χ2v) is 8.19. The second-order valence-electron chi connectivity index (χ2n) is 7.14. The van der Waals surface area contributed by atoms with Gasteiger partial charge < -0.3 is 4.74 Å². The van der Waals surface area contributed by atoms with Gasteiger partial charge >= 0.3 is 5.97 Å². The highest BCUT2D eigenvalue weighted by Crippen LogP contribution is 2.31. The van der Waals surface area contributed by atoms with E-state index in [9.17, 15) is 10.1 Å². The van der Waals surface area contributed by atoms with E-state index in [4.69, 9.17) is 9.72 Å². The van der Waals surface area contributed by atoms with Gasteiger partial charge in [0.2, 0.25) is 0 Å². The van der Waals surface area contributed by atoms with Gasteiger partial charge in [0.1, 0.15) is 0 Å². The Hall–Kier alpha value is -3.62. The van der Waals surface area contributed by atoms with Gasteiger partial charge in [-0.3, -0.25) is 0 Å². The predicted octanol–water partition coefficient (Wildman–Crippen LogP) is 6.16. The molecule has 4 rings (SSSR count). The molecule has 0 saturated carbocycles. The van der Waals surface area contributed by atoms with Crippen LogP contribution >= 0.6 is 11.8 Å². The zero-order chi connectivity index (χ0) is 21.8. The fourth-order valence-corrected chi connectivity index (χ4v) is 4.35. The molecule has 31 heavy (non-hydrogen) atoms. The number of rotatable bonds is 5. The Balaban J connectivity index is 1.69. The minimum atomic E-state index is -0.399. The van der Waals surface area contributed by atoms with E-state index in [1.165, 1.54) is 12.7 Å². The van der Waals surface area contributed by atoms with Crippen LogP contribution in [0.5, 0.6) is 0 Å². The predicted molar refractivity (Wildman–Crippen MR) is 124 cm³/mol. The average Bonchev–Trinajstić information content (AvgIpc) is 2.82. The summed E-state index contributed by atoms with van der Waals surface area (Å²) >= 11 is 1.70. The van der Waals surface area contributed by atoms with Gasteiger partial charge in [0, 0.05) is 21.6 Å². The van der Waals surface area contributed by atoms with Crippen molar-refractivity contribution in [3.05, 3.63) is 95.1 Å². The molecule has 1 aromatic heterocycles. The van der Waals surface area contributed by atoms with Gasteiger partial charge in [0.15, 0.2) is 0 Å². The second kappa shape index (κ2) is 9.03. The molecule has 0 bridgehead atoms. The van der Waals surface area contributed by atoms with Gasteiger partial charge in [-0.25, -0.2) is 9.78 Å². The number of pyridine rings is 1. The van der Waals surface area contributed by atoms with E-state index in [1.54, 1.807) is 23.9 Å². The quantitative estimate of drug-likeness (QED) is 0.284. The molecule has 5 heteroatoms. The van der Waals surface area contributed by atoms with Crippen molar-refractivity contribution in [2.75, 3.05) is 7.11 Å². The average molecular weight is 425 g/mol. The number of hydrogen-bond donors (Lipinski definition) is 0. The minimum absolute atomic E-state index is 0.399. The molecule has 4 aromatic rings. The van der Waals surface area contributed by atoms with E-state index in [0.717, 1.165) is 27.2 Å². The van der Waals surface area contributed by atoms with E-state index in [-0.39, 0.29) is 0 Å². The standard InChI is InChI=1S/C26H20N2O2S/c1-17-12-24(28-25-14-19(26(29)30-2)8-10-22(17)25)23-11-9-21(13-20(23)15-27)31-16-18-6-4-3-5-7-18/h3-14H,16H2,1-2H3. The molecule has 0 saturated heterocycles. The van der Waals surface area contributed by atoms with Crippen LogP contribution in [0.2, 0.25) is 0 Å². The molecule has 3 aromatic carbocycles. The molecule has 0 spiro atoms. The van der Waals surface area contributed by atoms with Crippen molar-refractivity contribution in [3.63, 3.8) is 0 Å². The van der Waals surface area contributed by atoms with E-state index in [2.05, 4.69) is 18.2 Å². The van der Waals surface area contributed by atoms with Crippen molar-refractivity contribution in [3.8, 4) is 17.3 Å². The van der Waals surface area contributed by atoms with Crippen LogP contribution < -0.4 is 0 Å². The van der Waals surface area contributed by atoms with Crippen LogP contribution in [-0.2, 0) is 10.5 Å². The van der Waals surface area contributed by atoms with E-state index < -0.39 is 5.97 Å². The van der Waals surface area contributed by atoms with Crippen LogP contribution in [0.4, 0.5) is 0 Å². The molecule has 1 heterocycles. The van der Waals surface area contributed by atoms with Crippen molar-refractivity contribution in [2.45, 2.75) is 17.6 Å². The number of thioether (sulfide) groups is 1. The molecule has 0 aliphatic carbocycles. The molecule has 0 aliphatic rings. The number of nitriles is 1. The summed E-state index contributed by atoms with van der Waals surface area (Å²) in [5.74, 6) is 0.443. The van der Waals surface area contributed by atoms with Crippen LogP contribution in [0.25, 0.3) is 22.2 Å². The van der Waals surface area contributed by atoms with Crippen LogP contribution in [0, 0.1) is 18.3 Å². The number of aromatic nitrogens is 1. The Bertz CT molecular complexity index is 1310. The smallest absolute Gasteiger partial charge is 0.337 e.